The average molecular weight is 777 g/mol. The number of anilines is 1. The molecule has 1 unspecified atom stereocenters. The number of carbonyl (C=O) groups excluding carboxylic acids is 3. The van der Waals surface area contributed by atoms with Crippen LogP contribution in [0.25, 0.3) is 0 Å². The lowest BCUT2D eigenvalue weighted by atomic mass is 9.80. The Morgan fingerprint density at radius 1 is 0.982 bits per heavy atom. The monoisotopic (exact) mass is 776 g/mol. The number of nitrogens with one attached hydrogen (secondary N) is 3. The molecular weight excluding hydrogens is 741 g/mol. The van der Waals surface area contributed by atoms with Gasteiger partial charge in [0.25, 0.3) is 11.8 Å². The second-order valence-electron chi connectivity index (χ2n) is 13.4. The molecule has 8 rings (SSSR count). The standard InChI is InChI=1S/C39H36N8O6S2/c40-38-44-33(46-55-38)30(45-53-39(24-10-4-1-5-11-24,25-12-6-2-7-13-25)26-14-8-3-9-15-26)34(49)43-31-35(50)47-32(37(51)52)27(21-54-36(31)47)29(22-16-17-41-19-22)23-18-28(48)42-20-23/h1-15,23,31,36,41H,16-21H2,(H,42,48)(H,43,49)(H,51,52)(H2,40,44,46)/b29-22+,45-30-/t23?,31-,36-/m1/s1. The molecule has 4 aliphatic rings. The fourth-order valence-corrected chi connectivity index (χ4v) is 9.49. The van der Waals surface area contributed by atoms with Crippen LogP contribution >= 0.6 is 23.3 Å². The number of nitrogens with two attached hydrogens (primary N) is 1. The predicted molar refractivity (Wildman–Crippen MR) is 206 cm³/mol. The molecule has 280 valence electrons. The molecule has 4 aromatic rings. The van der Waals surface area contributed by atoms with Gasteiger partial charge in [-0.3, -0.25) is 19.3 Å². The zero-order chi connectivity index (χ0) is 38.1. The minimum absolute atomic E-state index is 0.0926. The molecule has 3 saturated heterocycles. The minimum Gasteiger partial charge on any atom is -0.477 e. The SMILES string of the molecule is Nc1nc(/C(=N/OC(c2ccccc2)(c2ccccc2)c2ccccc2)C(=O)N[C@@H]2C(=O)N3C(C(=O)O)=C(/C(=C4\CCNC4)C4CNC(=O)C4)CS[C@H]23)ns1. The van der Waals surface area contributed by atoms with Crippen LogP contribution in [-0.4, -0.2) is 85.6 Å². The third-order valence-electron chi connectivity index (χ3n) is 10.2. The van der Waals surface area contributed by atoms with Crippen LogP contribution in [0.4, 0.5) is 5.13 Å². The number of hydrogen-bond acceptors (Lipinski definition) is 12. The lowest BCUT2D eigenvalue weighted by Gasteiger charge is -2.50. The van der Waals surface area contributed by atoms with Gasteiger partial charge in [-0.1, -0.05) is 102 Å². The van der Waals surface area contributed by atoms with Crippen molar-refractivity contribution in [2.45, 2.75) is 29.9 Å². The highest BCUT2D eigenvalue weighted by molar-refractivity contribution is 8.00. The van der Waals surface area contributed by atoms with Gasteiger partial charge >= 0.3 is 5.97 Å². The molecule has 6 N–H and O–H groups in total. The van der Waals surface area contributed by atoms with E-state index < -0.39 is 34.8 Å². The lowest BCUT2D eigenvalue weighted by molar-refractivity contribution is -0.150. The molecule has 3 aromatic carbocycles. The first kappa shape index (κ1) is 36.2. The number of aromatic nitrogens is 2. The summed E-state index contributed by atoms with van der Waals surface area (Å²) in [6, 6.07) is 27.3. The highest BCUT2D eigenvalue weighted by Gasteiger charge is 2.55. The van der Waals surface area contributed by atoms with E-state index in [4.69, 9.17) is 10.6 Å². The molecule has 0 saturated carbocycles. The highest BCUT2D eigenvalue weighted by Crippen LogP contribution is 2.46. The third kappa shape index (κ3) is 6.66. The van der Waals surface area contributed by atoms with Crippen LogP contribution in [0.3, 0.4) is 0 Å². The van der Waals surface area contributed by atoms with Crippen LogP contribution in [0.1, 0.15) is 35.4 Å². The summed E-state index contributed by atoms with van der Waals surface area (Å²) in [5.41, 5.74) is 8.77. The Balaban J connectivity index is 1.14. The maximum absolute atomic E-state index is 14.3. The molecule has 0 aliphatic carbocycles. The van der Waals surface area contributed by atoms with Gasteiger partial charge in [-0.05, 0) is 24.1 Å². The van der Waals surface area contributed by atoms with Crippen molar-refractivity contribution in [3.8, 4) is 0 Å². The van der Waals surface area contributed by atoms with Gasteiger partial charge in [-0.25, -0.2) is 4.79 Å². The van der Waals surface area contributed by atoms with E-state index >= 15 is 0 Å². The van der Waals surface area contributed by atoms with Crippen LogP contribution in [0.2, 0.25) is 0 Å². The largest absolute Gasteiger partial charge is 0.477 e. The summed E-state index contributed by atoms with van der Waals surface area (Å²) in [5.74, 6) is -2.78. The highest BCUT2D eigenvalue weighted by atomic mass is 32.2. The lowest BCUT2D eigenvalue weighted by Crippen LogP contribution is -2.71. The molecular formula is C39H36N8O6S2. The summed E-state index contributed by atoms with van der Waals surface area (Å²) in [6.07, 6.45) is 0.964. The van der Waals surface area contributed by atoms with Crippen molar-refractivity contribution < 1.29 is 29.1 Å². The third-order valence-corrected chi connectivity index (χ3v) is 12.0. The predicted octanol–water partition coefficient (Wildman–Crippen LogP) is 3.00. The Bertz CT molecular complexity index is 2140. The maximum atomic E-state index is 14.3. The number of β-lactam (4-membered cyclic amide) rings is 1. The summed E-state index contributed by atoms with van der Waals surface area (Å²) in [4.78, 5) is 65.4. The normalized spacial score (nSPS) is 22.1. The molecule has 14 nitrogen and oxygen atoms in total. The van der Waals surface area contributed by atoms with E-state index in [0.29, 0.717) is 18.7 Å². The van der Waals surface area contributed by atoms with Gasteiger partial charge in [0.2, 0.25) is 23.0 Å². The van der Waals surface area contributed by atoms with Crippen LogP contribution in [0.15, 0.2) is 119 Å². The van der Waals surface area contributed by atoms with E-state index in [1.807, 2.05) is 91.0 Å². The van der Waals surface area contributed by atoms with E-state index in [0.717, 1.165) is 52.3 Å². The average Bonchev–Trinajstić information content (AvgIpc) is 4.00. The fraction of sp³-hybridized carbons (Fsp3) is 0.256. The molecule has 4 aliphatic heterocycles. The molecule has 0 radical (unpaired) electrons. The van der Waals surface area contributed by atoms with E-state index in [1.54, 1.807) is 0 Å². The number of amides is 3. The van der Waals surface area contributed by atoms with E-state index in [2.05, 4.69) is 30.5 Å². The zero-order valence-corrected chi connectivity index (χ0v) is 30.9. The van der Waals surface area contributed by atoms with Crippen LogP contribution < -0.4 is 21.7 Å². The van der Waals surface area contributed by atoms with Gasteiger partial charge in [0.15, 0.2) is 5.13 Å². The quantitative estimate of drug-likeness (QED) is 0.0649. The smallest absolute Gasteiger partial charge is 0.352 e. The van der Waals surface area contributed by atoms with Crippen molar-refractivity contribution in [3.05, 3.63) is 136 Å². The topological polar surface area (TPSA) is 201 Å². The molecule has 3 fully saturated rings. The second-order valence-corrected chi connectivity index (χ2v) is 15.3. The molecule has 55 heavy (non-hydrogen) atoms. The van der Waals surface area contributed by atoms with Crippen molar-refractivity contribution in [2.24, 2.45) is 11.1 Å². The van der Waals surface area contributed by atoms with Crippen LogP contribution in [0.5, 0.6) is 0 Å². The number of nitrogens with zero attached hydrogens (tertiary/aromatic N) is 4. The van der Waals surface area contributed by atoms with Crippen molar-refractivity contribution in [1.82, 2.24) is 30.2 Å². The summed E-state index contributed by atoms with van der Waals surface area (Å²) in [6.45, 7) is 1.72. The number of carbonyl (C=O) groups is 4. The van der Waals surface area contributed by atoms with E-state index in [-0.39, 0.29) is 46.4 Å². The molecule has 16 heteroatoms. The molecule has 1 aromatic heterocycles. The number of thioether (sulfide) groups is 1. The molecule has 0 bridgehead atoms. The number of oxime groups is 1. The number of aliphatic carboxylic acids is 1. The number of rotatable bonds is 11. The second kappa shape index (κ2) is 15.1. The van der Waals surface area contributed by atoms with Crippen LogP contribution in [0, 0.1) is 5.92 Å². The van der Waals surface area contributed by atoms with Gasteiger partial charge < -0.3 is 31.6 Å². The molecule has 3 amide bonds. The number of nitrogen functional groups attached to an aromatic ring is 1. The summed E-state index contributed by atoms with van der Waals surface area (Å²) < 4.78 is 4.26. The fourth-order valence-electron chi connectivity index (χ4n) is 7.70. The first-order valence-electron chi connectivity index (χ1n) is 17.7. The van der Waals surface area contributed by atoms with Crippen molar-refractivity contribution >= 4 is 57.8 Å². The van der Waals surface area contributed by atoms with Gasteiger partial charge in [0.05, 0.1) is 0 Å². The Morgan fingerprint density at radius 3 is 2.13 bits per heavy atom. The summed E-state index contributed by atoms with van der Waals surface area (Å²) in [5, 5.41) is 23.3. The first-order chi connectivity index (χ1) is 26.8. The van der Waals surface area contributed by atoms with Crippen molar-refractivity contribution in [2.75, 3.05) is 31.1 Å². The van der Waals surface area contributed by atoms with Crippen LogP contribution in [-0.2, 0) is 29.6 Å². The van der Waals surface area contributed by atoms with Crippen molar-refractivity contribution in [1.29, 1.82) is 0 Å². The summed E-state index contributed by atoms with van der Waals surface area (Å²) in [7, 11) is 0. The number of hydrogen-bond donors (Lipinski definition) is 5. The summed E-state index contributed by atoms with van der Waals surface area (Å²) >= 11 is 2.23. The van der Waals surface area contributed by atoms with Gasteiger partial charge in [-0.2, -0.15) is 9.36 Å². The number of carboxylic acid groups (broad SMARTS) is 1. The van der Waals surface area contributed by atoms with Gasteiger partial charge in [0, 0.05) is 59.4 Å². The van der Waals surface area contributed by atoms with Crippen molar-refractivity contribution in [3.63, 3.8) is 0 Å². The Kier molecular flexibility index (Phi) is 9.94. The Labute approximate surface area is 324 Å². The molecule has 5 heterocycles. The maximum Gasteiger partial charge on any atom is 0.352 e. The minimum atomic E-state index is -1.34. The first-order valence-corrected chi connectivity index (χ1v) is 19.5. The number of benzene rings is 3. The number of carboxylic acids is 1. The number of fused-ring (bicyclic) bond motifs is 1. The van der Waals surface area contributed by atoms with Gasteiger partial charge in [-0.15, -0.1) is 11.8 Å². The molecule has 0 spiro atoms. The van der Waals surface area contributed by atoms with E-state index in [9.17, 15) is 24.3 Å². The zero-order valence-electron chi connectivity index (χ0n) is 29.3. The van der Waals surface area contributed by atoms with Gasteiger partial charge in [0.1, 0.15) is 17.1 Å². The van der Waals surface area contributed by atoms with E-state index in [1.165, 1.54) is 16.7 Å². The molecule has 3 atom stereocenters. The Morgan fingerprint density at radius 2 is 1.62 bits per heavy atom. The Hall–Kier alpha value is -5.84.